The minimum absolute atomic E-state index is 0.283. The van der Waals surface area contributed by atoms with Crippen LogP contribution in [0.2, 0.25) is 0 Å². The van der Waals surface area contributed by atoms with Crippen LogP contribution >= 0.6 is 0 Å². The summed E-state index contributed by atoms with van der Waals surface area (Å²) >= 11 is 0. The number of hydrogen-bond acceptors (Lipinski definition) is 6. The minimum atomic E-state index is -0.566. The molecule has 1 atom stereocenters. The van der Waals surface area contributed by atoms with Gasteiger partial charge < -0.3 is 10.1 Å². The van der Waals surface area contributed by atoms with Crippen LogP contribution in [0, 0.1) is 11.3 Å². The van der Waals surface area contributed by atoms with Crippen LogP contribution in [-0.2, 0) is 9.53 Å². The van der Waals surface area contributed by atoms with E-state index in [-0.39, 0.29) is 5.82 Å². The molecule has 0 bridgehead atoms. The van der Waals surface area contributed by atoms with Gasteiger partial charge in [-0.1, -0.05) is 0 Å². The van der Waals surface area contributed by atoms with E-state index in [0.717, 1.165) is 0 Å². The fraction of sp³-hybridized carbons (Fsp3) is 0.400. The molecule has 1 N–H and O–H groups in total. The van der Waals surface area contributed by atoms with Gasteiger partial charge in [-0.2, -0.15) is 10.4 Å². The molecule has 6 nitrogen and oxygen atoms in total. The molecule has 0 aromatic carbocycles. The number of carbonyl (C=O) groups excluding carboxylic acids is 1. The third-order valence-corrected chi connectivity index (χ3v) is 1.83. The Balaban J connectivity index is 2.73. The van der Waals surface area contributed by atoms with Gasteiger partial charge in [0, 0.05) is 0 Å². The fourth-order valence-corrected chi connectivity index (χ4v) is 1.06. The van der Waals surface area contributed by atoms with E-state index in [9.17, 15) is 4.79 Å². The lowest BCUT2D eigenvalue weighted by Gasteiger charge is -2.12. The number of rotatable bonds is 4. The molecule has 1 aromatic heterocycles. The first-order chi connectivity index (χ1) is 7.69. The van der Waals surface area contributed by atoms with Gasteiger partial charge in [-0.15, -0.1) is 5.10 Å². The first kappa shape index (κ1) is 11.9. The van der Waals surface area contributed by atoms with Crippen molar-refractivity contribution >= 4 is 11.8 Å². The van der Waals surface area contributed by atoms with Gasteiger partial charge in [-0.3, -0.25) is 0 Å². The van der Waals surface area contributed by atoms with Crippen molar-refractivity contribution in [1.82, 2.24) is 10.2 Å². The number of anilines is 1. The van der Waals surface area contributed by atoms with Gasteiger partial charge in [-0.25, -0.2) is 4.79 Å². The van der Waals surface area contributed by atoms with Crippen molar-refractivity contribution in [3.8, 4) is 6.07 Å². The van der Waals surface area contributed by atoms with E-state index in [1.807, 2.05) is 6.07 Å². The normalized spacial score (nSPS) is 11.3. The largest absolute Gasteiger partial charge is 0.464 e. The molecule has 0 aliphatic carbocycles. The Hall–Kier alpha value is -2.16. The zero-order chi connectivity index (χ0) is 12.0. The van der Waals surface area contributed by atoms with Gasteiger partial charge in [-0.05, 0) is 19.9 Å². The molecule has 84 valence electrons. The van der Waals surface area contributed by atoms with E-state index in [2.05, 4.69) is 15.5 Å². The van der Waals surface area contributed by atoms with Crippen LogP contribution in [-0.4, -0.2) is 28.8 Å². The molecule has 0 spiro atoms. The highest BCUT2D eigenvalue weighted by molar-refractivity contribution is 5.78. The summed E-state index contributed by atoms with van der Waals surface area (Å²) in [7, 11) is 0. The maximum absolute atomic E-state index is 11.3. The van der Waals surface area contributed by atoms with E-state index in [4.69, 9.17) is 10.00 Å². The molecule has 6 heteroatoms. The summed E-state index contributed by atoms with van der Waals surface area (Å²) in [6, 6.07) is 2.91. The van der Waals surface area contributed by atoms with Gasteiger partial charge in [0.1, 0.15) is 12.1 Å². The van der Waals surface area contributed by atoms with Crippen molar-refractivity contribution in [2.24, 2.45) is 0 Å². The summed E-state index contributed by atoms with van der Waals surface area (Å²) in [5.41, 5.74) is 0.339. The van der Waals surface area contributed by atoms with E-state index in [0.29, 0.717) is 12.2 Å². The Labute approximate surface area is 93.2 Å². The quantitative estimate of drug-likeness (QED) is 0.752. The molecule has 0 aliphatic heterocycles. The van der Waals surface area contributed by atoms with Gasteiger partial charge in [0.2, 0.25) is 0 Å². The number of nitrogens with zero attached hydrogens (tertiary/aromatic N) is 3. The van der Waals surface area contributed by atoms with Gasteiger partial charge in [0.25, 0.3) is 0 Å². The molecule has 1 aromatic rings. The summed E-state index contributed by atoms with van der Waals surface area (Å²) < 4.78 is 4.82. The second-order valence-electron chi connectivity index (χ2n) is 3.02. The third kappa shape index (κ3) is 2.92. The fourth-order valence-electron chi connectivity index (χ4n) is 1.06. The SMILES string of the molecule is CCOC(=O)C(C)Nc1nnccc1C#N. The standard InChI is InChI=1S/C10H12N4O2/c1-3-16-10(15)7(2)13-9-8(6-11)4-5-12-14-9/h4-5,7H,3H2,1-2H3,(H,13,14). The second-order valence-corrected chi connectivity index (χ2v) is 3.02. The van der Waals surface area contributed by atoms with Crippen LogP contribution in [0.5, 0.6) is 0 Å². The molecule has 0 aliphatic rings. The van der Waals surface area contributed by atoms with Crippen molar-refractivity contribution in [1.29, 1.82) is 5.26 Å². The van der Waals surface area contributed by atoms with Gasteiger partial charge in [0.15, 0.2) is 5.82 Å². The first-order valence-corrected chi connectivity index (χ1v) is 4.84. The van der Waals surface area contributed by atoms with E-state index in [1.165, 1.54) is 12.3 Å². The zero-order valence-electron chi connectivity index (χ0n) is 9.10. The summed E-state index contributed by atoms with van der Waals surface area (Å²) in [4.78, 5) is 11.3. The highest BCUT2D eigenvalue weighted by atomic mass is 16.5. The summed E-state index contributed by atoms with van der Waals surface area (Å²) in [5, 5.41) is 19.0. The molecular formula is C10H12N4O2. The lowest BCUT2D eigenvalue weighted by Crippen LogP contribution is -2.29. The Morgan fingerprint density at radius 3 is 3.12 bits per heavy atom. The summed E-state index contributed by atoms with van der Waals surface area (Å²) in [5.74, 6) is -0.109. The van der Waals surface area contributed by atoms with Crippen LogP contribution in [0.15, 0.2) is 12.3 Å². The lowest BCUT2D eigenvalue weighted by atomic mass is 10.2. The number of carbonyl (C=O) groups is 1. The molecule has 1 heterocycles. The Kier molecular flexibility index (Phi) is 4.21. The Morgan fingerprint density at radius 2 is 2.50 bits per heavy atom. The molecular weight excluding hydrogens is 208 g/mol. The topological polar surface area (TPSA) is 87.9 Å². The van der Waals surface area contributed by atoms with E-state index in [1.54, 1.807) is 13.8 Å². The van der Waals surface area contributed by atoms with Crippen molar-refractivity contribution in [3.05, 3.63) is 17.8 Å². The maximum atomic E-state index is 11.3. The zero-order valence-corrected chi connectivity index (χ0v) is 9.10. The van der Waals surface area contributed by atoms with Crippen molar-refractivity contribution in [3.63, 3.8) is 0 Å². The highest BCUT2D eigenvalue weighted by Gasteiger charge is 2.15. The van der Waals surface area contributed by atoms with Gasteiger partial charge in [0.05, 0.1) is 18.4 Å². The number of aromatic nitrogens is 2. The number of hydrogen-bond donors (Lipinski definition) is 1. The van der Waals surface area contributed by atoms with Crippen LogP contribution in [0.25, 0.3) is 0 Å². The predicted octanol–water partition coefficient (Wildman–Crippen LogP) is 0.712. The van der Waals surface area contributed by atoms with Crippen LogP contribution < -0.4 is 5.32 Å². The number of esters is 1. The molecule has 0 saturated heterocycles. The average molecular weight is 220 g/mol. The lowest BCUT2D eigenvalue weighted by molar-refractivity contribution is -0.143. The highest BCUT2D eigenvalue weighted by Crippen LogP contribution is 2.10. The molecule has 0 saturated carbocycles. The van der Waals surface area contributed by atoms with Gasteiger partial charge >= 0.3 is 5.97 Å². The molecule has 1 rings (SSSR count). The van der Waals surface area contributed by atoms with Crippen LogP contribution in [0.3, 0.4) is 0 Å². The number of ether oxygens (including phenoxy) is 1. The Morgan fingerprint density at radius 1 is 1.75 bits per heavy atom. The first-order valence-electron chi connectivity index (χ1n) is 4.84. The Bertz CT molecular complexity index is 414. The molecule has 0 radical (unpaired) electrons. The van der Waals surface area contributed by atoms with Crippen LogP contribution in [0.4, 0.5) is 5.82 Å². The van der Waals surface area contributed by atoms with Crippen molar-refractivity contribution in [2.45, 2.75) is 19.9 Å². The number of nitriles is 1. The summed E-state index contributed by atoms with van der Waals surface area (Å²) in [6.07, 6.45) is 1.42. The molecule has 16 heavy (non-hydrogen) atoms. The summed E-state index contributed by atoms with van der Waals surface area (Å²) in [6.45, 7) is 3.68. The third-order valence-electron chi connectivity index (χ3n) is 1.83. The molecule has 1 unspecified atom stereocenters. The van der Waals surface area contributed by atoms with Crippen molar-refractivity contribution < 1.29 is 9.53 Å². The minimum Gasteiger partial charge on any atom is -0.464 e. The molecule has 0 fully saturated rings. The maximum Gasteiger partial charge on any atom is 0.328 e. The monoisotopic (exact) mass is 220 g/mol. The number of nitrogens with one attached hydrogen (secondary N) is 1. The predicted molar refractivity (Wildman–Crippen MR) is 56.5 cm³/mol. The smallest absolute Gasteiger partial charge is 0.328 e. The molecule has 0 amide bonds. The van der Waals surface area contributed by atoms with Crippen LogP contribution in [0.1, 0.15) is 19.4 Å². The second kappa shape index (κ2) is 5.66. The van der Waals surface area contributed by atoms with E-state index >= 15 is 0 Å². The average Bonchev–Trinajstić information content (AvgIpc) is 2.30. The van der Waals surface area contributed by atoms with E-state index < -0.39 is 12.0 Å². The van der Waals surface area contributed by atoms with Crippen molar-refractivity contribution in [2.75, 3.05) is 11.9 Å².